The molecule has 0 radical (unpaired) electrons. The maximum atomic E-state index is 12.8. The zero-order chi connectivity index (χ0) is 21.1. The van der Waals surface area contributed by atoms with Gasteiger partial charge in [-0.2, -0.15) is 65.9 Å². The fourth-order valence-electron chi connectivity index (χ4n) is 1.10. The van der Waals surface area contributed by atoms with E-state index in [1.54, 1.807) is 0 Å². The standard InChI is InChI=1S/C8HF15O2.K.H/c9-2(10,1(24)25)3(11,12)4(13,14)5(15,16)6(17,18)7(19,20)8(21,22)23;;/h(H,24,25);;. The first-order chi connectivity index (χ1) is 10.4. The topological polar surface area (TPSA) is 37.3 Å². The van der Waals surface area contributed by atoms with Gasteiger partial charge < -0.3 is 5.11 Å². The van der Waals surface area contributed by atoms with Crippen molar-refractivity contribution in [1.82, 2.24) is 0 Å². The molecule has 0 aromatic carbocycles. The van der Waals surface area contributed by atoms with Crippen LogP contribution in [0.15, 0.2) is 0 Å². The molecule has 26 heavy (non-hydrogen) atoms. The predicted molar refractivity (Wildman–Crippen MR) is 50.5 cm³/mol. The molecule has 0 aromatic rings. The summed E-state index contributed by atoms with van der Waals surface area (Å²) in [5.74, 6) is -52.8. The van der Waals surface area contributed by atoms with Gasteiger partial charge in [0.05, 0.1) is 0 Å². The Labute approximate surface area is 174 Å². The van der Waals surface area contributed by atoms with E-state index in [2.05, 4.69) is 0 Å². The first kappa shape index (κ1) is 28.3. The molecule has 0 fully saturated rings. The summed E-state index contributed by atoms with van der Waals surface area (Å²) in [6.45, 7) is 0. The molecule has 1 N–H and O–H groups in total. The van der Waals surface area contributed by atoms with Crippen LogP contribution >= 0.6 is 0 Å². The molecule has 0 aliphatic heterocycles. The summed E-state index contributed by atoms with van der Waals surface area (Å²) in [7, 11) is 0. The van der Waals surface area contributed by atoms with E-state index in [1.165, 1.54) is 0 Å². The average molecular weight is 454 g/mol. The van der Waals surface area contributed by atoms with Crippen LogP contribution in [0, 0.1) is 0 Å². The van der Waals surface area contributed by atoms with Crippen LogP contribution in [0.2, 0.25) is 0 Å². The summed E-state index contributed by atoms with van der Waals surface area (Å²) in [6, 6.07) is 0. The third kappa shape index (κ3) is 3.55. The minimum absolute atomic E-state index is 0. The number of carbonyl (C=O) groups is 1. The number of halogens is 15. The fraction of sp³-hybridized carbons (Fsp3) is 0.875. The second-order valence-corrected chi connectivity index (χ2v) is 4.25. The minimum atomic E-state index is -8.47. The number of alkyl halides is 15. The normalized spacial score (nSPS) is 15.5. The van der Waals surface area contributed by atoms with E-state index >= 15 is 0 Å². The number of carboxylic acids is 1. The fourth-order valence-corrected chi connectivity index (χ4v) is 1.10. The summed E-state index contributed by atoms with van der Waals surface area (Å²) < 4.78 is 187. The first-order valence-electron chi connectivity index (χ1n) is 5.01. The van der Waals surface area contributed by atoms with E-state index in [-0.39, 0.29) is 51.4 Å². The monoisotopic (exact) mass is 454 g/mol. The molecule has 0 amide bonds. The number of aliphatic carboxylic acids is 1. The Hall–Kier alpha value is 0.0564. The van der Waals surface area contributed by atoms with Gasteiger partial charge in [0.25, 0.3) is 0 Å². The van der Waals surface area contributed by atoms with E-state index in [1.807, 2.05) is 0 Å². The molecule has 0 atom stereocenters. The van der Waals surface area contributed by atoms with Crippen molar-refractivity contribution >= 4 is 57.4 Å². The van der Waals surface area contributed by atoms with Gasteiger partial charge in [-0.1, -0.05) is 0 Å². The number of rotatable bonds is 6. The van der Waals surface area contributed by atoms with Crippen LogP contribution in [0.3, 0.4) is 0 Å². The van der Waals surface area contributed by atoms with Gasteiger partial charge in [0.1, 0.15) is 0 Å². The van der Waals surface area contributed by atoms with E-state index < -0.39 is 47.7 Å². The molecule has 0 saturated carbocycles. The molecule has 0 aliphatic rings. The molecule has 0 aromatic heterocycles. The molecule has 152 valence electrons. The molecule has 18 heteroatoms. The van der Waals surface area contributed by atoms with Crippen molar-refractivity contribution in [3.05, 3.63) is 0 Å². The summed E-state index contributed by atoms with van der Waals surface area (Å²) in [4.78, 5) is 9.72. The summed E-state index contributed by atoms with van der Waals surface area (Å²) >= 11 is 0. The first-order valence-corrected chi connectivity index (χ1v) is 5.01. The summed E-state index contributed by atoms with van der Waals surface area (Å²) in [6.07, 6.45) is -7.69. The Balaban J connectivity index is 0. The van der Waals surface area contributed by atoms with E-state index in [4.69, 9.17) is 5.11 Å². The molecule has 0 rings (SSSR count). The van der Waals surface area contributed by atoms with E-state index in [9.17, 15) is 70.7 Å². The van der Waals surface area contributed by atoms with Crippen molar-refractivity contribution in [2.24, 2.45) is 0 Å². The molecule has 0 bridgehead atoms. The molecule has 0 spiro atoms. The van der Waals surface area contributed by atoms with Gasteiger partial charge >= 0.3 is 99.1 Å². The van der Waals surface area contributed by atoms with Crippen LogP contribution in [-0.4, -0.2) is 104 Å². The van der Waals surface area contributed by atoms with Crippen molar-refractivity contribution < 1.29 is 75.8 Å². The molecular weight excluding hydrogens is 452 g/mol. The average Bonchev–Trinajstić information content (AvgIpc) is 2.35. The van der Waals surface area contributed by atoms with Gasteiger partial charge in [-0.05, 0) is 0 Å². The summed E-state index contributed by atoms with van der Waals surface area (Å²) in [5.41, 5.74) is 0. The number of hydrogen-bond donors (Lipinski definition) is 1. The van der Waals surface area contributed by atoms with Gasteiger partial charge in [-0.25, -0.2) is 4.79 Å². The van der Waals surface area contributed by atoms with Crippen LogP contribution in [0.1, 0.15) is 0 Å². The van der Waals surface area contributed by atoms with Crippen molar-refractivity contribution in [2.75, 3.05) is 0 Å². The van der Waals surface area contributed by atoms with Crippen molar-refractivity contribution in [1.29, 1.82) is 0 Å². The van der Waals surface area contributed by atoms with Gasteiger partial charge in [0.15, 0.2) is 0 Å². The third-order valence-electron chi connectivity index (χ3n) is 2.60. The predicted octanol–water partition coefficient (Wildman–Crippen LogP) is 3.80. The van der Waals surface area contributed by atoms with Gasteiger partial charge in [0, 0.05) is 0 Å². The third-order valence-corrected chi connectivity index (χ3v) is 2.60. The molecule has 0 unspecified atom stereocenters. The van der Waals surface area contributed by atoms with Crippen molar-refractivity contribution in [3.8, 4) is 0 Å². The zero-order valence-corrected chi connectivity index (χ0v) is 10.5. The van der Waals surface area contributed by atoms with E-state index in [0.29, 0.717) is 0 Å². The van der Waals surface area contributed by atoms with Crippen LogP contribution < -0.4 is 0 Å². The summed E-state index contributed by atoms with van der Waals surface area (Å²) in [5, 5.41) is 7.57. The number of hydrogen-bond acceptors (Lipinski definition) is 1. The Morgan fingerprint density at radius 2 is 0.731 bits per heavy atom. The van der Waals surface area contributed by atoms with Gasteiger partial charge in [-0.3, -0.25) is 0 Å². The van der Waals surface area contributed by atoms with Crippen LogP contribution in [0.25, 0.3) is 0 Å². The molecule has 0 saturated heterocycles. The SMILES string of the molecule is O=C(O)C(F)(F)C(F)(F)C(F)(F)C(F)(F)C(F)(F)C(F)(F)C(F)(F)F.[KH]. The Bertz CT molecular complexity index is 536. The molecule has 0 heterocycles. The van der Waals surface area contributed by atoms with Crippen LogP contribution in [-0.2, 0) is 4.79 Å². The van der Waals surface area contributed by atoms with E-state index in [0.717, 1.165) is 0 Å². The van der Waals surface area contributed by atoms with Crippen LogP contribution in [0.4, 0.5) is 65.9 Å². The Morgan fingerprint density at radius 3 is 0.962 bits per heavy atom. The second kappa shape index (κ2) is 7.14. The second-order valence-electron chi connectivity index (χ2n) is 4.25. The maximum absolute atomic E-state index is 12.8. The van der Waals surface area contributed by atoms with Crippen LogP contribution in [0.5, 0.6) is 0 Å². The molecule has 0 aliphatic carbocycles. The van der Waals surface area contributed by atoms with Crippen molar-refractivity contribution in [3.63, 3.8) is 0 Å². The Morgan fingerprint density at radius 1 is 0.500 bits per heavy atom. The van der Waals surface area contributed by atoms with Gasteiger partial charge in [-0.15, -0.1) is 0 Å². The molecular formula is C8H2F15KO2. The van der Waals surface area contributed by atoms with Crippen molar-refractivity contribution in [2.45, 2.75) is 41.7 Å². The van der Waals surface area contributed by atoms with Gasteiger partial charge in [0.2, 0.25) is 0 Å². The number of carboxylic acid groups (broad SMARTS) is 1. The zero-order valence-electron chi connectivity index (χ0n) is 10.5. The molecule has 2 nitrogen and oxygen atoms in total. The quantitative estimate of drug-likeness (QED) is 0.490. The Kier molecular flexibility index (Phi) is 7.77.